The zero-order chi connectivity index (χ0) is 14.6. The van der Waals surface area contributed by atoms with Gasteiger partial charge >= 0.3 is 0 Å². The highest BCUT2D eigenvalue weighted by molar-refractivity contribution is 6.30. The van der Waals surface area contributed by atoms with Gasteiger partial charge in [-0.15, -0.1) is 11.6 Å². The van der Waals surface area contributed by atoms with Gasteiger partial charge in [0.2, 0.25) is 0 Å². The van der Waals surface area contributed by atoms with Gasteiger partial charge in [0.25, 0.3) is 0 Å². The molecule has 1 unspecified atom stereocenters. The molecule has 0 aliphatic heterocycles. The highest BCUT2D eigenvalue weighted by Crippen LogP contribution is 2.29. The lowest BCUT2D eigenvalue weighted by Crippen LogP contribution is -2.21. The Bertz CT molecular complexity index is 544. The summed E-state index contributed by atoms with van der Waals surface area (Å²) in [5, 5.41) is 11.2. The van der Waals surface area contributed by atoms with Crippen LogP contribution in [-0.4, -0.2) is 11.0 Å². The van der Waals surface area contributed by atoms with E-state index in [2.05, 4.69) is 0 Å². The molecule has 0 aliphatic carbocycles. The lowest BCUT2D eigenvalue weighted by Gasteiger charge is -2.23. The molecule has 3 heteroatoms. The first-order chi connectivity index (χ1) is 9.53. The van der Waals surface area contributed by atoms with Gasteiger partial charge < -0.3 is 5.11 Å². The number of hydrogen-bond donors (Lipinski definition) is 1. The molecule has 0 spiro atoms. The van der Waals surface area contributed by atoms with Gasteiger partial charge in [-0.1, -0.05) is 48.0 Å². The largest absolute Gasteiger partial charge is 0.385 e. The SMILES string of the molecule is CC(O)(CCCCl)c1ccc(-c2ccc(Cl)cc2)cc1. The molecule has 0 aliphatic rings. The molecule has 0 fully saturated rings. The normalized spacial score (nSPS) is 14.0. The van der Waals surface area contributed by atoms with Crippen molar-refractivity contribution in [3.05, 3.63) is 59.1 Å². The van der Waals surface area contributed by atoms with Crippen molar-refractivity contribution in [1.29, 1.82) is 0 Å². The molecule has 2 aromatic carbocycles. The van der Waals surface area contributed by atoms with Crippen LogP contribution in [-0.2, 0) is 5.60 Å². The summed E-state index contributed by atoms with van der Waals surface area (Å²) in [4.78, 5) is 0. The Morgan fingerprint density at radius 2 is 1.45 bits per heavy atom. The van der Waals surface area contributed by atoms with Crippen LogP contribution in [0.15, 0.2) is 48.5 Å². The first kappa shape index (κ1) is 15.4. The molecule has 106 valence electrons. The maximum Gasteiger partial charge on any atom is 0.0869 e. The molecule has 2 rings (SSSR count). The second-order valence-corrected chi connectivity index (χ2v) is 5.97. The molecule has 0 saturated carbocycles. The fourth-order valence-electron chi connectivity index (χ4n) is 2.22. The topological polar surface area (TPSA) is 20.2 Å². The van der Waals surface area contributed by atoms with Crippen molar-refractivity contribution in [2.24, 2.45) is 0 Å². The van der Waals surface area contributed by atoms with Crippen LogP contribution in [0.25, 0.3) is 11.1 Å². The Morgan fingerprint density at radius 1 is 0.950 bits per heavy atom. The van der Waals surface area contributed by atoms with Crippen molar-refractivity contribution in [2.75, 3.05) is 5.88 Å². The summed E-state index contributed by atoms with van der Waals surface area (Å²) >= 11 is 11.6. The van der Waals surface area contributed by atoms with Gasteiger partial charge in [-0.25, -0.2) is 0 Å². The third-order valence-electron chi connectivity index (χ3n) is 3.48. The third-order valence-corrected chi connectivity index (χ3v) is 4.00. The fourth-order valence-corrected chi connectivity index (χ4v) is 2.48. The lowest BCUT2D eigenvalue weighted by atomic mass is 9.90. The van der Waals surface area contributed by atoms with Crippen molar-refractivity contribution < 1.29 is 5.11 Å². The maximum atomic E-state index is 10.4. The van der Waals surface area contributed by atoms with Crippen molar-refractivity contribution in [1.82, 2.24) is 0 Å². The van der Waals surface area contributed by atoms with Crippen molar-refractivity contribution in [3.8, 4) is 11.1 Å². The average molecular weight is 309 g/mol. The van der Waals surface area contributed by atoms with Crippen LogP contribution in [0.4, 0.5) is 0 Å². The van der Waals surface area contributed by atoms with Gasteiger partial charge in [0.05, 0.1) is 5.60 Å². The zero-order valence-corrected chi connectivity index (χ0v) is 13.0. The molecule has 0 bridgehead atoms. The van der Waals surface area contributed by atoms with Crippen LogP contribution in [0.3, 0.4) is 0 Å². The zero-order valence-electron chi connectivity index (χ0n) is 11.4. The van der Waals surface area contributed by atoms with Gasteiger partial charge in [0, 0.05) is 10.9 Å². The molecule has 2 aromatic rings. The average Bonchev–Trinajstić information content (AvgIpc) is 2.46. The molecule has 0 heterocycles. The minimum absolute atomic E-state index is 0.568. The first-order valence-electron chi connectivity index (χ1n) is 6.68. The standard InChI is InChI=1S/C17H18Cl2O/c1-17(20,11-2-12-18)15-7-3-13(4-8-15)14-5-9-16(19)10-6-14/h3-10,20H,2,11-12H2,1H3. The Labute approximate surface area is 130 Å². The summed E-state index contributed by atoms with van der Waals surface area (Å²) in [6.45, 7) is 1.83. The van der Waals surface area contributed by atoms with E-state index in [-0.39, 0.29) is 0 Å². The highest BCUT2D eigenvalue weighted by atomic mass is 35.5. The quantitative estimate of drug-likeness (QED) is 0.749. The van der Waals surface area contributed by atoms with Crippen molar-refractivity contribution in [2.45, 2.75) is 25.4 Å². The molecular formula is C17H18Cl2O. The first-order valence-corrected chi connectivity index (χ1v) is 7.59. The van der Waals surface area contributed by atoms with E-state index in [9.17, 15) is 5.11 Å². The molecule has 1 nitrogen and oxygen atoms in total. The molecule has 0 amide bonds. The van der Waals surface area contributed by atoms with E-state index < -0.39 is 5.60 Å². The lowest BCUT2D eigenvalue weighted by molar-refractivity contribution is 0.0472. The van der Waals surface area contributed by atoms with Crippen LogP contribution in [0, 0.1) is 0 Å². The second-order valence-electron chi connectivity index (χ2n) is 5.15. The number of hydrogen-bond acceptors (Lipinski definition) is 1. The molecule has 0 saturated heterocycles. The Balaban J connectivity index is 2.19. The number of alkyl halides is 1. The summed E-state index contributed by atoms with van der Waals surface area (Å²) in [5.74, 6) is 0.568. The van der Waals surface area contributed by atoms with E-state index in [0.29, 0.717) is 12.3 Å². The van der Waals surface area contributed by atoms with E-state index in [1.54, 1.807) is 0 Å². The number of aliphatic hydroxyl groups is 1. The Kier molecular flexibility index (Phi) is 5.09. The summed E-state index contributed by atoms with van der Waals surface area (Å²) in [7, 11) is 0. The summed E-state index contributed by atoms with van der Waals surface area (Å²) in [5.41, 5.74) is 2.31. The molecule has 0 aromatic heterocycles. The van der Waals surface area contributed by atoms with Gasteiger partial charge in [0.15, 0.2) is 0 Å². The van der Waals surface area contributed by atoms with Gasteiger partial charge in [-0.3, -0.25) is 0 Å². The Morgan fingerprint density at radius 3 is 1.95 bits per heavy atom. The van der Waals surface area contributed by atoms with Crippen molar-refractivity contribution in [3.63, 3.8) is 0 Å². The molecular weight excluding hydrogens is 291 g/mol. The minimum atomic E-state index is -0.826. The van der Waals surface area contributed by atoms with E-state index in [0.717, 1.165) is 28.1 Å². The van der Waals surface area contributed by atoms with Gasteiger partial charge in [-0.2, -0.15) is 0 Å². The smallest absolute Gasteiger partial charge is 0.0869 e. The van der Waals surface area contributed by atoms with E-state index >= 15 is 0 Å². The Hall–Kier alpha value is -1.02. The van der Waals surface area contributed by atoms with E-state index in [1.807, 2.05) is 55.5 Å². The highest BCUT2D eigenvalue weighted by Gasteiger charge is 2.22. The van der Waals surface area contributed by atoms with E-state index in [4.69, 9.17) is 23.2 Å². The third kappa shape index (κ3) is 3.76. The molecule has 1 N–H and O–H groups in total. The number of rotatable bonds is 5. The van der Waals surface area contributed by atoms with Gasteiger partial charge in [-0.05, 0) is 48.6 Å². The van der Waals surface area contributed by atoms with Crippen molar-refractivity contribution >= 4 is 23.2 Å². The summed E-state index contributed by atoms with van der Waals surface area (Å²) in [6.07, 6.45) is 1.46. The maximum absolute atomic E-state index is 10.4. The van der Waals surface area contributed by atoms with Crippen LogP contribution in [0.5, 0.6) is 0 Å². The molecule has 20 heavy (non-hydrogen) atoms. The van der Waals surface area contributed by atoms with Gasteiger partial charge in [0.1, 0.15) is 0 Å². The van der Waals surface area contributed by atoms with E-state index in [1.165, 1.54) is 0 Å². The monoisotopic (exact) mass is 308 g/mol. The number of halogens is 2. The molecule has 1 atom stereocenters. The van der Waals surface area contributed by atoms with Crippen LogP contribution in [0.1, 0.15) is 25.3 Å². The number of benzene rings is 2. The minimum Gasteiger partial charge on any atom is -0.385 e. The second kappa shape index (κ2) is 6.62. The predicted octanol–water partition coefficient (Wildman–Crippen LogP) is 5.23. The van der Waals surface area contributed by atoms with Crippen LogP contribution in [0.2, 0.25) is 5.02 Å². The fraction of sp³-hybridized carbons (Fsp3) is 0.294. The van der Waals surface area contributed by atoms with Crippen LogP contribution < -0.4 is 0 Å². The summed E-state index contributed by atoms with van der Waals surface area (Å²) < 4.78 is 0. The molecule has 0 radical (unpaired) electrons. The summed E-state index contributed by atoms with van der Waals surface area (Å²) in [6, 6.07) is 15.7. The van der Waals surface area contributed by atoms with Crippen LogP contribution >= 0.6 is 23.2 Å². The predicted molar refractivity (Wildman–Crippen MR) is 86.4 cm³/mol.